The van der Waals surface area contributed by atoms with Crippen molar-refractivity contribution < 1.29 is 29.3 Å². The van der Waals surface area contributed by atoms with Gasteiger partial charge in [-0.15, -0.1) is 0 Å². The number of ether oxygens (including phenoxy) is 2. The van der Waals surface area contributed by atoms with E-state index in [0.29, 0.717) is 13.1 Å². The van der Waals surface area contributed by atoms with Gasteiger partial charge in [0.25, 0.3) is 11.8 Å². The van der Waals surface area contributed by atoms with Crippen LogP contribution in [0, 0.1) is 0 Å². The lowest BCUT2D eigenvalue weighted by atomic mass is 10.1. The molecule has 0 aliphatic carbocycles. The number of carbonyl (C=O) groups excluding carboxylic acids is 2. The average molecular weight is 635 g/mol. The summed E-state index contributed by atoms with van der Waals surface area (Å²) in [5.74, 6) is 0.0174. The molecule has 4 N–H and O–H groups in total. The minimum Gasteiger partial charge on any atom is -0.507 e. The van der Waals surface area contributed by atoms with Gasteiger partial charge in [-0.3, -0.25) is 19.4 Å². The Morgan fingerprint density at radius 1 is 0.652 bits per heavy atom. The summed E-state index contributed by atoms with van der Waals surface area (Å²) in [6.07, 6.45) is 3.24. The Morgan fingerprint density at radius 3 is 1.41 bits per heavy atom. The first kappa shape index (κ1) is 36.2. The number of benzene rings is 3. The van der Waals surface area contributed by atoms with Gasteiger partial charge in [-0.2, -0.15) is 0 Å². The maximum atomic E-state index is 12.7. The largest absolute Gasteiger partial charge is 0.507 e. The van der Waals surface area contributed by atoms with E-state index >= 15 is 0 Å². The molecule has 0 spiro atoms. The van der Waals surface area contributed by atoms with E-state index in [9.17, 15) is 19.8 Å². The monoisotopic (exact) mass is 634 g/mol. The predicted molar refractivity (Wildman–Crippen MR) is 181 cm³/mol. The predicted octanol–water partition coefficient (Wildman–Crippen LogP) is 5.18. The molecule has 2 amide bonds. The Bertz CT molecular complexity index is 1290. The Labute approximate surface area is 273 Å². The Kier molecular flexibility index (Phi) is 15.2. The second-order valence-electron chi connectivity index (χ2n) is 11.2. The van der Waals surface area contributed by atoms with Gasteiger partial charge in [0, 0.05) is 37.3 Å². The van der Waals surface area contributed by atoms with Crippen LogP contribution in [0.4, 0.5) is 0 Å². The van der Waals surface area contributed by atoms with Crippen LogP contribution in [0.5, 0.6) is 23.0 Å². The zero-order chi connectivity index (χ0) is 33.3. The number of methoxy groups -OCH3 is 2. The van der Waals surface area contributed by atoms with Crippen LogP contribution in [0.1, 0.15) is 71.4 Å². The normalized spacial score (nSPS) is 11.1. The van der Waals surface area contributed by atoms with Crippen molar-refractivity contribution in [1.29, 1.82) is 0 Å². The number of aromatic hydroxyl groups is 2. The SMILES string of the molecule is CCN(CCCCNC(=O)c1cc(O)c(C(=O)NCCCCN(CC)Cc2ccccc2OC)cc1O)Cc1ccccc1OC. The molecular weight excluding hydrogens is 584 g/mol. The fourth-order valence-corrected chi connectivity index (χ4v) is 5.30. The number of rotatable bonds is 20. The number of hydrogen-bond donors (Lipinski definition) is 4. The van der Waals surface area contributed by atoms with Crippen molar-refractivity contribution in [2.75, 3.05) is 53.5 Å². The van der Waals surface area contributed by atoms with Crippen molar-refractivity contribution in [2.24, 2.45) is 0 Å². The molecule has 0 unspecified atom stereocenters. The summed E-state index contributed by atoms with van der Waals surface area (Å²) in [5.41, 5.74) is 2.12. The lowest BCUT2D eigenvalue weighted by Crippen LogP contribution is -2.28. The van der Waals surface area contributed by atoms with Gasteiger partial charge >= 0.3 is 0 Å². The first-order valence-corrected chi connectivity index (χ1v) is 16.1. The molecule has 0 fully saturated rings. The number of phenols is 2. The van der Waals surface area contributed by atoms with E-state index in [1.54, 1.807) is 14.2 Å². The second-order valence-corrected chi connectivity index (χ2v) is 11.2. The summed E-state index contributed by atoms with van der Waals surface area (Å²) in [5, 5.41) is 26.6. The molecule has 250 valence electrons. The third-order valence-electron chi connectivity index (χ3n) is 8.04. The highest BCUT2D eigenvalue weighted by Crippen LogP contribution is 2.27. The summed E-state index contributed by atoms with van der Waals surface area (Å²) in [6, 6.07) is 18.2. The molecule has 0 saturated carbocycles. The van der Waals surface area contributed by atoms with Crippen molar-refractivity contribution in [1.82, 2.24) is 20.4 Å². The number of hydrogen-bond acceptors (Lipinski definition) is 8. The van der Waals surface area contributed by atoms with Crippen molar-refractivity contribution in [3.63, 3.8) is 0 Å². The summed E-state index contributed by atoms with van der Waals surface area (Å²) in [4.78, 5) is 30.1. The number of phenolic OH excluding ortho intramolecular Hbond substituents is 2. The van der Waals surface area contributed by atoms with E-state index in [-0.39, 0.29) is 22.6 Å². The van der Waals surface area contributed by atoms with Gasteiger partial charge in [0.2, 0.25) is 0 Å². The minimum absolute atomic E-state index is 0.0740. The average Bonchev–Trinajstić information content (AvgIpc) is 3.07. The van der Waals surface area contributed by atoms with Crippen LogP contribution in [-0.2, 0) is 13.1 Å². The third-order valence-corrected chi connectivity index (χ3v) is 8.04. The fourth-order valence-electron chi connectivity index (χ4n) is 5.30. The van der Waals surface area contributed by atoms with Crippen molar-refractivity contribution >= 4 is 11.8 Å². The molecule has 0 radical (unpaired) electrons. The maximum Gasteiger partial charge on any atom is 0.255 e. The molecular formula is C36H50N4O6. The van der Waals surface area contributed by atoms with Gasteiger partial charge in [0.1, 0.15) is 23.0 Å². The molecule has 0 heterocycles. The van der Waals surface area contributed by atoms with Crippen LogP contribution in [0.25, 0.3) is 0 Å². The third kappa shape index (κ3) is 11.0. The van der Waals surface area contributed by atoms with E-state index < -0.39 is 11.8 Å². The number of amides is 2. The van der Waals surface area contributed by atoms with Crippen LogP contribution in [0.15, 0.2) is 60.7 Å². The minimum atomic E-state index is -0.505. The van der Waals surface area contributed by atoms with Crippen molar-refractivity contribution in [3.8, 4) is 23.0 Å². The number of nitrogens with one attached hydrogen (secondary N) is 2. The number of carbonyl (C=O) groups is 2. The van der Waals surface area contributed by atoms with Crippen LogP contribution < -0.4 is 20.1 Å². The Balaban J connectivity index is 1.39. The highest BCUT2D eigenvalue weighted by molar-refractivity contribution is 6.02. The van der Waals surface area contributed by atoms with E-state index in [4.69, 9.17) is 9.47 Å². The van der Waals surface area contributed by atoms with Gasteiger partial charge in [0.05, 0.1) is 25.3 Å². The summed E-state index contributed by atoms with van der Waals surface area (Å²) in [7, 11) is 3.35. The summed E-state index contributed by atoms with van der Waals surface area (Å²) in [6.45, 7) is 10.1. The Morgan fingerprint density at radius 2 is 1.04 bits per heavy atom. The topological polar surface area (TPSA) is 124 Å². The standard InChI is InChI=1S/C36H50N4O6/c1-5-39(25-27-15-7-9-17-33(27)45-3)21-13-11-19-37-35(43)29-23-32(42)30(24-31(29)41)36(44)38-20-12-14-22-40(6-2)26-28-16-8-10-18-34(28)46-4/h7-10,15-18,23-24,41-42H,5-6,11-14,19-22,25-26H2,1-4H3,(H,37,43)(H,38,44). The molecule has 0 aliphatic rings. The fraction of sp³-hybridized carbons (Fsp3) is 0.444. The molecule has 10 heteroatoms. The second kappa shape index (κ2) is 19.3. The lowest BCUT2D eigenvalue weighted by Gasteiger charge is -2.21. The molecule has 0 atom stereocenters. The van der Waals surface area contributed by atoms with E-state index in [0.717, 1.165) is 99.7 Å². The maximum absolute atomic E-state index is 12.7. The van der Waals surface area contributed by atoms with E-state index in [1.807, 2.05) is 36.4 Å². The van der Waals surface area contributed by atoms with Crippen LogP contribution in [-0.4, -0.2) is 85.3 Å². The van der Waals surface area contributed by atoms with Gasteiger partial charge in [-0.1, -0.05) is 50.2 Å². The van der Waals surface area contributed by atoms with Crippen molar-refractivity contribution in [3.05, 3.63) is 82.9 Å². The van der Waals surface area contributed by atoms with E-state index in [2.05, 4.69) is 46.4 Å². The first-order valence-electron chi connectivity index (χ1n) is 16.1. The molecule has 46 heavy (non-hydrogen) atoms. The lowest BCUT2D eigenvalue weighted by molar-refractivity contribution is 0.0935. The summed E-state index contributed by atoms with van der Waals surface area (Å²) >= 11 is 0. The molecule has 3 rings (SSSR count). The first-order chi connectivity index (χ1) is 22.3. The van der Waals surface area contributed by atoms with Gasteiger partial charge in [-0.05, 0) is 76.1 Å². The van der Waals surface area contributed by atoms with Gasteiger partial charge < -0.3 is 30.3 Å². The van der Waals surface area contributed by atoms with Crippen LogP contribution >= 0.6 is 0 Å². The zero-order valence-corrected chi connectivity index (χ0v) is 27.7. The smallest absolute Gasteiger partial charge is 0.255 e. The number of unbranched alkanes of at least 4 members (excludes halogenated alkanes) is 2. The molecule has 3 aromatic rings. The molecule has 0 aromatic heterocycles. The van der Waals surface area contributed by atoms with Crippen molar-refractivity contribution in [2.45, 2.75) is 52.6 Å². The molecule has 3 aromatic carbocycles. The summed E-state index contributed by atoms with van der Waals surface area (Å²) < 4.78 is 10.9. The number of para-hydroxylation sites is 2. The molecule has 0 bridgehead atoms. The molecule has 0 saturated heterocycles. The van der Waals surface area contributed by atoms with E-state index in [1.165, 1.54) is 0 Å². The van der Waals surface area contributed by atoms with Gasteiger partial charge in [0.15, 0.2) is 0 Å². The molecule has 10 nitrogen and oxygen atoms in total. The quantitative estimate of drug-likeness (QED) is 0.0991. The zero-order valence-electron chi connectivity index (χ0n) is 27.7. The highest BCUT2D eigenvalue weighted by Gasteiger charge is 2.19. The van der Waals surface area contributed by atoms with Gasteiger partial charge in [-0.25, -0.2) is 0 Å². The highest BCUT2D eigenvalue weighted by atomic mass is 16.5. The van der Waals surface area contributed by atoms with Crippen LogP contribution in [0.2, 0.25) is 0 Å². The number of nitrogens with zero attached hydrogens (tertiary/aromatic N) is 2. The van der Waals surface area contributed by atoms with Crippen LogP contribution in [0.3, 0.4) is 0 Å². The molecule has 0 aliphatic heterocycles. The Hall–Kier alpha value is -4.28.